The second kappa shape index (κ2) is 11.5. The zero-order valence-electron chi connectivity index (χ0n) is 18.1. The molecule has 0 saturated carbocycles. The molecule has 9 heteroatoms. The summed E-state index contributed by atoms with van der Waals surface area (Å²) in [7, 11) is -0.0800. The van der Waals surface area contributed by atoms with Crippen molar-refractivity contribution in [2.75, 3.05) is 36.7 Å². The molecule has 2 rings (SSSR count). The highest BCUT2D eigenvalue weighted by Crippen LogP contribution is 2.27. The molecule has 6 nitrogen and oxygen atoms in total. The normalized spacial score (nSPS) is 11.5. The number of halogens is 2. The van der Waals surface area contributed by atoms with Crippen LogP contribution in [0.25, 0.3) is 0 Å². The molecule has 0 aliphatic heterocycles. The van der Waals surface area contributed by atoms with Crippen molar-refractivity contribution in [2.24, 2.45) is 0 Å². The molecule has 31 heavy (non-hydrogen) atoms. The monoisotopic (exact) mass is 469 g/mol. The highest BCUT2D eigenvalue weighted by atomic mass is 35.5. The molecule has 0 bridgehead atoms. The summed E-state index contributed by atoms with van der Waals surface area (Å²) in [5.41, 5.74) is 2.18. The first-order valence-corrected chi connectivity index (χ1v) is 12.1. The van der Waals surface area contributed by atoms with Crippen LogP contribution >= 0.6 is 11.6 Å². The van der Waals surface area contributed by atoms with Gasteiger partial charge in [-0.1, -0.05) is 6.92 Å². The number of rotatable bonds is 11. The first-order valence-electron chi connectivity index (χ1n) is 10.1. The molecule has 0 unspecified atom stereocenters. The second-order valence-corrected chi connectivity index (χ2v) is 9.69. The Morgan fingerprint density at radius 1 is 1.13 bits per heavy atom. The van der Waals surface area contributed by atoms with Gasteiger partial charge in [-0.15, -0.1) is 11.6 Å². The standard InChI is InChI=1S/C22H29ClFN3O3S/c1-4-14-27(31(29,30)20-10-7-18(24)8-11-20)16-17-15-19(9-12-21(17)26(2)3)25-22(28)6-5-13-23/h7-12,15H,4-6,13-14,16H2,1-3H3,(H,25,28). The van der Waals surface area contributed by atoms with Crippen LogP contribution < -0.4 is 10.2 Å². The van der Waals surface area contributed by atoms with E-state index in [1.807, 2.05) is 32.0 Å². The Balaban J connectivity index is 2.37. The maximum atomic E-state index is 13.3. The highest BCUT2D eigenvalue weighted by molar-refractivity contribution is 7.89. The van der Waals surface area contributed by atoms with Crippen molar-refractivity contribution in [2.45, 2.75) is 37.6 Å². The number of amides is 1. The van der Waals surface area contributed by atoms with Crippen molar-refractivity contribution >= 4 is 38.9 Å². The van der Waals surface area contributed by atoms with Crippen molar-refractivity contribution in [1.29, 1.82) is 0 Å². The third kappa shape index (κ3) is 6.92. The van der Waals surface area contributed by atoms with Gasteiger partial charge < -0.3 is 10.2 Å². The van der Waals surface area contributed by atoms with Gasteiger partial charge in [-0.3, -0.25) is 4.79 Å². The molecule has 2 aromatic rings. The number of sulfonamides is 1. The molecule has 0 aromatic heterocycles. The van der Waals surface area contributed by atoms with Crippen molar-refractivity contribution in [3.05, 3.63) is 53.8 Å². The van der Waals surface area contributed by atoms with Gasteiger partial charge in [0.25, 0.3) is 0 Å². The number of nitrogens with one attached hydrogen (secondary N) is 1. The summed E-state index contributed by atoms with van der Waals surface area (Å²) < 4.78 is 41.1. The van der Waals surface area contributed by atoms with Crippen LogP contribution in [0, 0.1) is 5.82 Å². The lowest BCUT2D eigenvalue weighted by Crippen LogP contribution is -2.32. The number of benzene rings is 2. The number of hydrogen-bond acceptors (Lipinski definition) is 4. The Morgan fingerprint density at radius 3 is 2.39 bits per heavy atom. The molecule has 0 saturated heterocycles. The van der Waals surface area contributed by atoms with Gasteiger partial charge in [0.1, 0.15) is 5.82 Å². The SMILES string of the molecule is CCCN(Cc1cc(NC(=O)CCCCl)ccc1N(C)C)S(=O)(=O)c1ccc(F)cc1. The summed E-state index contributed by atoms with van der Waals surface area (Å²) >= 11 is 5.65. The van der Waals surface area contributed by atoms with E-state index < -0.39 is 15.8 Å². The van der Waals surface area contributed by atoms with Gasteiger partial charge in [0.2, 0.25) is 15.9 Å². The van der Waals surface area contributed by atoms with Gasteiger partial charge >= 0.3 is 0 Å². The summed E-state index contributed by atoms with van der Waals surface area (Å²) in [5, 5.41) is 2.84. The van der Waals surface area contributed by atoms with E-state index in [2.05, 4.69) is 5.32 Å². The summed E-state index contributed by atoms with van der Waals surface area (Å²) in [5.74, 6) is -0.229. The first kappa shape index (κ1) is 25.1. The van der Waals surface area contributed by atoms with E-state index in [4.69, 9.17) is 11.6 Å². The van der Waals surface area contributed by atoms with Crippen LogP contribution in [0.1, 0.15) is 31.7 Å². The number of carbonyl (C=O) groups excluding carboxylic acids is 1. The predicted octanol–water partition coefficient (Wildman–Crippen LogP) is 4.45. The number of nitrogens with zero attached hydrogens (tertiary/aromatic N) is 2. The smallest absolute Gasteiger partial charge is 0.243 e. The van der Waals surface area contributed by atoms with Gasteiger partial charge in [-0.25, -0.2) is 12.8 Å². The van der Waals surface area contributed by atoms with Crippen molar-refractivity contribution < 1.29 is 17.6 Å². The summed E-state index contributed by atoms with van der Waals surface area (Å²) in [6, 6.07) is 10.2. The fourth-order valence-corrected chi connectivity index (χ4v) is 4.80. The van der Waals surface area contributed by atoms with E-state index in [1.165, 1.54) is 16.4 Å². The fraction of sp³-hybridized carbons (Fsp3) is 0.409. The molecule has 0 fully saturated rings. The topological polar surface area (TPSA) is 69.7 Å². The van der Waals surface area contributed by atoms with Gasteiger partial charge in [0.15, 0.2) is 0 Å². The molecular weight excluding hydrogens is 441 g/mol. The van der Waals surface area contributed by atoms with Crippen LogP contribution in [0.5, 0.6) is 0 Å². The molecule has 0 aliphatic rings. The van der Waals surface area contributed by atoms with E-state index >= 15 is 0 Å². The van der Waals surface area contributed by atoms with Crippen LogP contribution in [0.3, 0.4) is 0 Å². The van der Waals surface area contributed by atoms with Gasteiger partial charge in [0, 0.05) is 50.9 Å². The maximum absolute atomic E-state index is 13.3. The zero-order chi connectivity index (χ0) is 23.0. The van der Waals surface area contributed by atoms with E-state index in [1.54, 1.807) is 12.1 Å². The summed E-state index contributed by atoms with van der Waals surface area (Å²) in [6.45, 7) is 2.32. The van der Waals surface area contributed by atoms with Crippen LogP contribution in [0.4, 0.5) is 15.8 Å². The lowest BCUT2D eigenvalue weighted by Gasteiger charge is -2.25. The largest absolute Gasteiger partial charge is 0.377 e. The van der Waals surface area contributed by atoms with Crippen LogP contribution in [0.2, 0.25) is 0 Å². The molecule has 1 amide bonds. The predicted molar refractivity (Wildman–Crippen MR) is 124 cm³/mol. The Bertz CT molecular complexity index is 982. The molecule has 1 N–H and O–H groups in total. The van der Waals surface area contributed by atoms with Crippen LogP contribution in [-0.4, -0.2) is 45.2 Å². The lowest BCUT2D eigenvalue weighted by molar-refractivity contribution is -0.116. The highest BCUT2D eigenvalue weighted by Gasteiger charge is 2.25. The Morgan fingerprint density at radius 2 is 1.81 bits per heavy atom. The molecular formula is C22H29ClFN3O3S. The van der Waals surface area contributed by atoms with Crippen molar-refractivity contribution in [3.8, 4) is 0 Å². The third-order valence-corrected chi connectivity index (χ3v) is 6.78. The molecule has 0 radical (unpaired) electrons. The Labute approximate surface area is 189 Å². The molecule has 0 atom stereocenters. The van der Waals surface area contributed by atoms with Gasteiger partial charge in [-0.2, -0.15) is 4.31 Å². The lowest BCUT2D eigenvalue weighted by atomic mass is 10.1. The second-order valence-electron chi connectivity index (χ2n) is 7.37. The molecule has 0 heterocycles. The third-order valence-electron chi connectivity index (χ3n) is 4.65. The summed E-state index contributed by atoms with van der Waals surface area (Å²) in [4.78, 5) is 14.0. The van der Waals surface area contributed by atoms with Crippen LogP contribution in [-0.2, 0) is 21.4 Å². The zero-order valence-corrected chi connectivity index (χ0v) is 19.6. The van der Waals surface area contributed by atoms with E-state index in [0.29, 0.717) is 37.4 Å². The van der Waals surface area contributed by atoms with Crippen LogP contribution in [0.15, 0.2) is 47.4 Å². The van der Waals surface area contributed by atoms with Gasteiger partial charge in [-0.05, 0) is 60.9 Å². The van der Waals surface area contributed by atoms with Crippen molar-refractivity contribution in [1.82, 2.24) is 4.31 Å². The minimum atomic E-state index is -3.82. The fourth-order valence-electron chi connectivity index (χ4n) is 3.16. The number of carbonyl (C=O) groups is 1. The Hall–Kier alpha value is -2.16. The van der Waals surface area contributed by atoms with E-state index in [-0.39, 0.29) is 17.3 Å². The summed E-state index contributed by atoms with van der Waals surface area (Å²) in [6.07, 6.45) is 1.51. The molecule has 0 aliphatic carbocycles. The minimum absolute atomic E-state index is 0.0410. The van der Waals surface area contributed by atoms with Gasteiger partial charge in [0.05, 0.1) is 4.90 Å². The first-order chi connectivity index (χ1) is 14.7. The number of hydrogen-bond donors (Lipinski definition) is 1. The quantitative estimate of drug-likeness (QED) is 0.493. The van der Waals surface area contributed by atoms with E-state index in [9.17, 15) is 17.6 Å². The number of alkyl halides is 1. The molecule has 2 aromatic carbocycles. The van der Waals surface area contributed by atoms with Crippen molar-refractivity contribution in [3.63, 3.8) is 0 Å². The Kier molecular flexibility index (Phi) is 9.28. The molecule has 0 spiro atoms. The number of anilines is 2. The molecule has 170 valence electrons. The van der Waals surface area contributed by atoms with E-state index in [0.717, 1.165) is 23.4 Å². The average Bonchev–Trinajstić information content (AvgIpc) is 2.72. The average molecular weight is 470 g/mol. The maximum Gasteiger partial charge on any atom is 0.243 e. The minimum Gasteiger partial charge on any atom is -0.377 e.